The van der Waals surface area contributed by atoms with Crippen LogP contribution in [0.25, 0.3) is 0 Å². The number of rotatable bonds is 8. The van der Waals surface area contributed by atoms with Crippen LogP contribution in [0.5, 0.6) is 11.5 Å². The highest BCUT2D eigenvalue weighted by Crippen LogP contribution is 2.42. The fourth-order valence-electron chi connectivity index (χ4n) is 4.88. The lowest BCUT2D eigenvalue weighted by atomic mass is 10.0. The van der Waals surface area contributed by atoms with Gasteiger partial charge in [0.2, 0.25) is 5.95 Å². The molecule has 210 valence electrons. The molecule has 2 aliphatic rings. The van der Waals surface area contributed by atoms with Crippen LogP contribution < -0.4 is 24.0 Å². The highest BCUT2D eigenvalue weighted by molar-refractivity contribution is 8.00. The first-order valence-electron chi connectivity index (χ1n) is 12.8. The third-order valence-corrected chi connectivity index (χ3v) is 8.25. The summed E-state index contributed by atoms with van der Waals surface area (Å²) in [4.78, 5) is 5.58. The summed E-state index contributed by atoms with van der Waals surface area (Å²) in [5, 5.41) is 3.22. The first-order chi connectivity index (χ1) is 18.9. The number of fused-ring (bicyclic) bond motifs is 1. The second-order valence-corrected chi connectivity index (χ2v) is 10.5. The molecule has 0 bridgehead atoms. The van der Waals surface area contributed by atoms with Gasteiger partial charge in [-0.3, -0.25) is 4.31 Å². The van der Waals surface area contributed by atoms with Crippen LogP contribution in [-0.4, -0.2) is 45.4 Å². The van der Waals surface area contributed by atoms with Crippen molar-refractivity contribution in [3.8, 4) is 11.5 Å². The topological polar surface area (TPSA) is 49.9 Å². The van der Waals surface area contributed by atoms with E-state index < -0.39 is 17.6 Å². The van der Waals surface area contributed by atoms with E-state index in [4.69, 9.17) is 21.1 Å². The monoisotopic (exact) mass is 580 g/mol. The highest BCUT2D eigenvalue weighted by atomic mass is 35.5. The van der Waals surface area contributed by atoms with Crippen LogP contribution in [0, 0.1) is 29.4 Å². The van der Waals surface area contributed by atoms with Crippen molar-refractivity contribution in [3.63, 3.8) is 0 Å². The molecule has 2 aliphatic heterocycles. The van der Waals surface area contributed by atoms with Crippen molar-refractivity contribution in [2.75, 3.05) is 49.6 Å². The SMILES string of the molecule is CC.COc1ccc(CN(Sc2c(F)cc(N3CC4CNCC4C3)c(Cl)c2F)c2cccc(F)n2)c(OC)c1. The number of methoxy groups -OCH3 is 2. The second kappa shape index (κ2) is 13.0. The van der Waals surface area contributed by atoms with E-state index in [-0.39, 0.29) is 22.3 Å². The molecule has 11 heteroatoms. The van der Waals surface area contributed by atoms with Gasteiger partial charge in [0.1, 0.15) is 33.1 Å². The van der Waals surface area contributed by atoms with Crippen molar-refractivity contribution in [1.29, 1.82) is 0 Å². The number of pyridine rings is 1. The van der Waals surface area contributed by atoms with Crippen molar-refractivity contribution in [3.05, 3.63) is 70.6 Å². The fraction of sp³-hybridized carbons (Fsp3) is 0.393. The van der Waals surface area contributed by atoms with Gasteiger partial charge in [0.25, 0.3) is 0 Å². The Kier molecular flexibility index (Phi) is 9.74. The summed E-state index contributed by atoms with van der Waals surface area (Å²) in [5.41, 5.74) is 1.03. The third kappa shape index (κ3) is 6.34. The maximum Gasteiger partial charge on any atom is 0.214 e. The maximum absolute atomic E-state index is 15.6. The molecule has 3 heterocycles. The number of benzene rings is 2. The van der Waals surface area contributed by atoms with Crippen LogP contribution in [0.1, 0.15) is 19.4 Å². The van der Waals surface area contributed by atoms with Gasteiger partial charge in [-0.2, -0.15) is 4.39 Å². The number of nitrogens with zero attached hydrogens (tertiary/aromatic N) is 3. The minimum Gasteiger partial charge on any atom is -0.497 e. The van der Waals surface area contributed by atoms with Crippen molar-refractivity contribution >= 4 is 35.1 Å². The Labute approximate surface area is 236 Å². The summed E-state index contributed by atoms with van der Waals surface area (Å²) >= 11 is 7.23. The Balaban J connectivity index is 0.00000172. The maximum atomic E-state index is 15.6. The number of nitrogens with one attached hydrogen (secondary N) is 1. The summed E-state index contributed by atoms with van der Waals surface area (Å²) in [6, 6.07) is 10.7. The van der Waals surface area contributed by atoms with Gasteiger partial charge in [-0.25, -0.2) is 13.8 Å². The smallest absolute Gasteiger partial charge is 0.214 e. The predicted octanol–water partition coefficient (Wildman–Crippen LogP) is 6.57. The fourth-order valence-corrected chi connectivity index (χ4v) is 6.15. The number of aromatic nitrogens is 1. The molecule has 5 rings (SSSR count). The summed E-state index contributed by atoms with van der Waals surface area (Å²) in [7, 11) is 3.05. The molecule has 1 N–H and O–H groups in total. The Morgan fingerprint density at radius 2 is 1.77 bits per heavy atom. The van der Waals surface area contributed by atoms with Crippen molar-refractivity contribution < 1.29 is 22.6 Å². The van der Waals surface area contributed by atoms with E-state index in [9.17, 15) is 4.39 Å². The number of ether oxygens (including phenoxy) is 2. The van der Waals surface area contributed by atoms with Crippen LogP contribution in [-0.2, 0) is 6.54 Å². The third-order valence-electron chi connectivity index (χ3n) is 6.79. The molecular weight excluding hydrogens is 549 g/mol. The summed E-state index contributed by atoms with van der Waals surface area (Å²) < 4.78 is 57.3. The van der Waals surface area contributed by atoms with Gasteiger partial charge in [-0.15, -0.1) is 0 Å². The first-order valence-corrected chi connectivity index (χ1v) is 13.9. The molecule has 0 amide bonds. The van der Waals surface area contributed by atoms with Gasteiger partial charge in [0.15, 0.2) is 5.82 Å². The van der Waals surface area contributed by atoms with Crippen molar-refractivity contribution in [2.45, 2.75) is 25.3 Å². The minimum absolute atomic E-state index is 0.106. The van der Waals surface area contributed by atoms with Gasteiger partial charge in [-0.1, -0.05) is 31.5 Å². The van der Waals surface area contributed by atoms with Crippen molar-refractivity contribution in [2.24, 2.45) is 11.8 Å². The molecule has 0 spiro atoms. The largest absolute Gasteiger partial charge is 0.497 e. The summed E-state index contributed by atoms with van der Waals surface area (Å²) in [5.74, 6) is -0.180. The Bertz CT molecular complexity index is 1290. The molecular formula is C28H32ClF3N4O2S. The van der Waals surface area contributed by atoms with Crippen LogP contribution in [0.2, 0.25) is 5.02 Å². The quantitative estimate of drug-likeness (QED) is 0.184. The lowest BCUT2D eigenvalue weighted by Gasteiger charge is -2.26. The summed E-state index contributed by atoms with van der Waals surface area (Å²) in [6.45, 7) is 7.28. The molecule has 6 nitrogen and oxygen atoms in total. The molecule has 0 saturated carbocycles. The minimum atomic E-state index is -0.861. The molecule has 0 aliphatic carbocycles. The van der Waals surface area contributed by atoms with Crippen LogP contribution >= 0.6 is 23.5 Å². The first kappa shape index (κ1) is 29.2. The molecule has 1 aromatic heterocycles. The average molecular weight is 581 g/mol. The lowest BCUT2D eigenvalue weighted by Crippen LogP contribution is -2.26. The number of anilines is 2. The van der Waals surface area contributed by atoms with Gasteiger partial charge < -0.3 is 19.7 Å². The summed E-state index contributed by atoms with van der Waals surface area (Å²) in [6.07, 6.45) is 0. The van der Waals surface area contributed by atoms with Gasteiger partial charge in [0, 0.05) is 43.9 Å². The van der Waals surface area contributed by atoms with E-state index in [1.165, 1.54) is 36.7 Å². The van der Waals surface area contributed by atoms with E-state index in [2.05, 4.69) is 10.3 Å². The molecule has 2 unspecified atom stereocenters. The lowest BCUT2D eigenvalue weighted by molar-refractivity contribution is 0.391. The molecule has 3 aromatic rings. The van der Waals surface area contributed by atoms with Crippen LogP contribution in [0.15, 0.2) is 47.4 Å². The highest BCUT2D eigenvalue weighted by Gasteiger charge is 2.37. The van der Waals surface area contributed by atoms with Crippen LogP contribution in [0.3, 0.4) is 0 Å². The average Bonchev–Trinajstić information content (AvgIpc) is 3.56. The van der Waals surface area contributed by atoms with E-state index in [1.807, 2.05) is 18.7 Å². The zero-order valence-electron chi connectivity index (χ0n) is 22.3. The van der Waals surface area contributed by atoms with E-state index >= 15 is 8.78 Å². The second-order valence-electron chi connectivity index (χ2n) is 9.04. The number of hydrogen-bond donors (Lipinski definition) is 1. The van der Waals surface area contributed by atoms with Crippen LogP contribution in [0.4, 0.5) is 24.7 Å². The Morgan fingerprint density at radius 1 is 1.05 bits per heavy atom. The molecule has 39 heavy (non-hydrogen) atoms. The zero-order chi connectivity index (χ0) is 28.1. The normalized spacial score (nSPS) is 17.9. The molecule has 2 saturated heterocycles. The van der Waals surface area contributed by atoms with E-state index in [1.54, 1.807) is 24.3 Å². The van der Waals surface area contributed by atoms with Gasteiger partial charge in [-0.05, 0) is 48.0 Å². The number of halogens is 4. The van der Waals surface area contributed by atoms with Crippen molar-refractivity contribution in [1.82, 2.24) is 10.3 Å². The van der Waals surface area contributed by atoms with Gasteiger partial charge >= 0.3 is 0 Å². The Hall–Kier alpha value is -2.82. The Morgan fingerprint density at radius 3 is 2.41 bits per heavy atom. The molecule has 2 fully saturated rings. The molecule has 2 atom stereocenters. The molecule has 0 radical (unpaired) electrons. The van der Waals surface area contributed by atoms with Gasteiger partial charge in [0.05, 0.1) is 26.5 Å². The van der Waals surface area contributed by atoms with E-state index in [0.29, 0.717) is 47.7 Å². The predicted molar refractivity (Wildman–Crippen MR) is 151 cm³/mol. The number of hydrogen-bond acceptors (Lipinski definition) is 7. The zero-order valence-corrected chi connectivity index (χ0v) is 23.9. The standard InChI is InChI=1S/C26H26ClF3N4O2S.C2H6/c1-35-18-7-6-15(21(8-18)36-2)14-34(23-5-3-4-22(29)32-23)37-26-19(28)9-20(24(27)25(26)30)33-12-16-10-31-11-17(16)13-33;1-2/h3-9,16-17,31H,10-14H2,1-2H3;1-2H3. The molecule has 2 aromatic carbocycles. The van der Waals surface area contributed by atoms with E-state index in [0.717, 1.165) is 25.0 Å².